The number of nitrogen functional groups attached to an aromatic ring is 1. The standard InChI is InChI=1S/C32H34N2O3/c33-29-13-7-12-28(18-29)32-36-30(19-31(37-32)27-16-14-26(23-35)15-17-27)22-34(20-24-8-3-1-4-9-24)21-25-10-5-2-6-11-25/h1-18,30-32,35H,19-23,33H2/t30-,31+,32+/m1/s1. The van der Waals surface area contributed by atoms with E-state index in [4.69, 9.17) is 15.2 Å². The molecular formula is C32H34N2O3. The number of nitrogens with two attached hydrogens (primary N) is 1. The van der Waals surface area contributed by atoms with Crippen molar-refractivity contribution in [3.63, 3.8) is 0 Å². The highest BCUT2D eigenvalue weighted by molar-refractivity contribution is 5.41. The SMILES string of the molecule is Nc1cccc([C@H]2O[C@@H](CN(Cc3ccccc3)Cc3ccccc3)C[C@@H](c3ccc(CO)cc3)O2)c1. The molecule has 1 aliphatic rings. The number of aliphatic hydroxyl groups excluding tert-OH is 1. The Morgan fingerprint density at radius 2 is 1.35 bits per heavy atom. The van der Waals surface area contributed by atoms with Crippen LogP contribution in [-0.4, -0.2) is 22.7 Å². The smallest absolute Gasteiger partial charge is 0.185 e. The van der Waals surface area contributed by atoms with Crippen LogP contribution in [-0.2, 0) is 29.2 Å². The summed E-state index contributed by atoms with van der Waals surface area (Å²) in [5.74, 6) is 0. The van der Waals surface area contributed by atoms with Crippen molar-refractivity contribution in [2.75, 3.05) is 12.3 Å². The summed E-state index contributed by atoms with van der Waals surface area (Å²) in [5.41, 5.74) is 12.2. The fourth-order valence-corrected chi connectivity index (χ4v) is 4.89. The van der Waals surface area contributed by atoms with E-state index in [0.717, 1.165) is 42.7 Å². The minimum Gasteiger partial charge on any atom is -0.399 e. The Hall–Kier alpha value is -3.48. The molecule has 0 amide bonds. The van der Waals surface area contributed by atoms with E-state index in [1.54, 1.807) is 0 Å². The molecule has 1 saturated heterocycles. The number of aliphatic hydroxyl groups is 1. The quantitative estimate of drug-likeness (QED) is 0.279. The Labute approximate surface area is 219 Å². The molecule has 0 bridgehead atoms. The second-order valence-corrected chi connectivity index (χ2v) is 9.66. The van der Waals surface area contributed by atoms with Crippen molar-refractivity contribution < 1.29 is 14.6 Å². The molecular weight excluding hydrogens is 460 g/mol. The monoisotopic (exact) mass is 494 g/mol. The van der Waals surface area contributed by atoms with Crippen molar-refractivity contribution >= 4 is 5.69 Å². The highest BCUT2D eigenvalue weighted by atomic mass is 16.7. The molecule has 0 saturated carbocycles. The van der Waals surface area contributed by atoms with Gasteiger partial charge in [0, 0.05) is 37.3 Å². The number of rotatable bonds is 9. The van der Waals surface area contributed by atoms with Gasteiger partial charge in [0.15, 0.2) is 6.29 Å². The molecule has 0 unspecified atom stereocenters. The molecule has 4 aromatic carbocycles. The van der Waals surface area contributed by atoms with Gasteiger partial charge in [0.25, 0.3) is 0 Å². The maximum Gasteiger partial charge on any atom is 0.185 e. The lowest BCUT2D eigenvalue weighted by Crippen LogP contribution is -2.39. The van der Waals surface area contributed by atoms with E-state index in [1.165, 1.54) is 11.1 Å². The van der Waals surface area contributed by atoms with Gasteiger partial charge in [-0.15, -0.1) is 0 Å². The zero-order chi connectivity index (χ0) is 25.5. The topological polar surface area (TPSA) is 68.0 Å². The van der Waals surface area contributed by atoms with E-state index in [9.17, 15) is 5.11 Å². The number of benzene rings is 4. The number of hydrogen-bond acceptors (Lipinski definition) is 5. The molecule has 1 aliphatic heterocycles. The summed E-state index contributed by atoms with van der Waals surface area (Å²) in [5, 5.41) is 9.47. The Kier molecular flexibility index (Phi) is 8.28. The average Bonchev–Trinajstić information content (AvgIpc) is 2.94. The van der Waals surface area contributed by atoms with Crippen LogP contribution in [0.5, 0.6) is 0 Å². The first kappa shape index (κ1) is 25.2. The van der Waals surface area contributed by atoms with Crippen LogP contribution in [0.4, 0.5) is 5.69 Å². The van der Waals surface area contributed by atoms with Gasteiger partial charge < -0.3 is 20.3 Å². The highest BCUT2D eigenvalue weighted by Gasteiger charge is 2.33. The second-order valence-electron chi connectivity index (χ2n) is 9.66. The maximum atomic E-state index is 9.47. The van der Waals surface area contributed by atoms with Gasteiger partial charge in [-0.3, -0.25) is 4.90 Å². The van der Waals surface area contributed by atoms with Crippen molar-refractivity contribution in [2.45, 2.75) is 44.6 Å². The van der Waals surface area contributed by atoms with Crippen LogP contribution in [0, 0.1) is 0 Å². The average molecular weight is 495 g/mol. The van der Waals surface area contributed by atoms with E-state index >= 15 is 0 Å². The first-order valence-corrected chi connectivity index (χ1v) is 12.8. The summed E-state index contributed by atoms with van der Waals surface area (Å²) in [4.78, 5) is 2.45. The van der Waals surface area contributed by atoms with E-state index in [1.807, 2.05) is 48.5 Å². The third kappa shape index (κ3) is 6.85. The van der Waals surface area contributed by atoms with Gasteiger partial charge in [-0.05, 0) is 34.4 Å². The maximum absolute atomic E-state index is 9.47. The lowest BCUT2D eigenvalue weighted by atomic mass is 9.99. The fourth-order valence-electron chi connectivity index (χ4n) is 4.89. The predicted octanol–water partition coefficient (Wildman–Crippen LogP) is 6.01. The van der Waals surface area contributed by atoms with Crippen LogP contribution < -0.4 is 5.73 Å². The zero-order valence-corrected chi connectivity index (χ0v) is 20.9. The molecule has 0 aliphatic carbocycles. The zero-order valence-electron chi connectivity index (χ0n) is 20.9. The van der Waals surface area contributed by atoms with Crippen LogP contribution in [0.2, 0.25) is 0 Å². The lowest BCUT2D eigenvalue weighted by molar-refractivity contribution is -0.253. The summed E-state index contributed by atoms with van der Waals surface area (Å²) < 4.78 is 13.0. The van der Waals surface area contributed by atoms with E-state index in [2.05, 4.69) is 65.6 Å². The molecule has 5 nitrogen and oxygen atoms in total. The van der Waals surface area contributed by atoms with Crippen molar-refractivity contribution in [3.05, 3.63) is 137 Å². The second kappa shape index (κ2) is 12.2. The molecule has 5 heteroatoms. The van der Waals surface area contributed by atoms with Gasteiger partial charge in [-0.1, -0.05) is 97.1 Å². The Balaban J connectivity index is 1.40. The van der Waals surface area contributed by atoms with Crippen LogP contribution in [0.3, 0.4) is 0 Å². The van der Waals surface area contributed by atoms with Crippen molar-refractivity contribution in [3.8, 4) is 0 Å². The van der Waals surface area contributed by atoms with Crippen LogP contribution in [0.15, 0.2) is 109 Å². The predicted molar refractivity (Wildman–Crippen MR) is 146 cm³/mol. The van der Waals surface area contributed by atoms with Gasteiger partial charge in [-0.2, -0.15) is 0 Å². The molecule has 0 radical (unpaired) electrons. The van der Waals surface area contributed by atoms with Crippen LogP contribution in [0.25, 0.3) is 0 Å². The number of anilines is 1. The molecule has 3 N–H and O–H groups in total. The van der Waals surface area contributed by atoms with Crippen molar-refractivity contribution in [2.24, 2.45) is 0 Å². The molecule has 3 atom stereocenters. The third-order valence-electron chi connectivity index (χ3n) is 6.76. The van der Waals surface area contributed by atoms with Gasteiger partial charge in [0.05, 0.1) is 18.8 Å². The highest BCUT2D eigenvalue weighted by Crippen LogP contribution is 2.38. The molecule has 1 fully saturated rings. The minimum atomic E-state index is -0.514. The van der Waals surface area contributed by atoms with Crippen LogP contribution in [0.1, 0.15) is 46.6 Å². The third-order valence-corrected chi connectivity index (χ3v) is 6.76. The molecule has 5 rings (SSSR count). The number of ether oxygens (including phenoxy) is 2. The molecule has 0 aromatic heterocycles. The molecule has 190 valence electrons. The normalized spacial score (nSPS) is 19.7. The Bertz CT molecular complexity index is 1210. The molecule has 0 spiro atoms. The first-order valence-electron chi connectivity index (χ1n) is 12.8. The minimum absolute atomic E-state index is 0.0252. The van der Waals surface area contributed by atoms with Gasteiger partial charge in [0.2, 0.25) is 0 Å². The number of nitrogens with zero attached hydrogens (tertiary/aromatic N) is 1. The molecule has 4 aromatic rings. The van der Waals surface area contributed by atoms with Crippen LogP contribution >= 0.6 is 0 Å². The van der Waals surface area contributed by atoms with Gasteiger partial charge in [0.1, 0.15) is 0 Å². The molecule has 37 heavy (non-hydrogen) atoms. The Morgan fingerprint density at radius 1 is 0.703 bits per heavy atom. The number of hydrogen-bond donors (Lipinski definition) is 2. The fraction of sp³-hybridized carbons (Fsp3) is 0.250. The largest absolute Gasteiger partial charge is 0.399 e. The van der Waals surface area contributed by atoms with Gasteiger partial charge >= 0.3 is 0 Å². The summed E-state index contributed by atoms with van der Waals surface area (Å²) in [7, 11) is 0. The van der Waals surface area contributed by atoms with E-state index in [-0.39, 0.29) is 18.8 Å². The lowest BCUT2D eigenvalue weighted by Gasteiger charge is -2.38. The van der Waals surface area contributed by atoms with Crippen molar-refractivity contribution in [1.29, 1.82) is 0 Å². The summed E-state index contributed by atoms with van der Waals surface area (Å²) >= 11 is 0. The van der Waals surface area contributed by atoms with E-state index in [0.29, 0.717) is 5.69 Å². The first-order chi connectivity index (χ1) is 18.2. The summed E-state index contributed by atoms with van der Waals surface area (Å²) in [6.45, 7) is 2.44. The van der Waals surface area contributed by atoms with Crippen molar-refractivity contribution in [1.82, 2.24) is 4.90 Å². The summed E-state index contributed by atoms with van der Waals surface area (Å²) in [6, 6.07) is 36.8. The van der Waals surface area contributed by atoms with Gasteiger partial charge in [-0.25, -0.2) is 0 Å². The van der Waals surface area contributed by atoms with E-state index < -0.39 is 6.29 Å². The molecule has 1 heterocycles. The Morgan fingerprint density at radius 3 is 1.95 bits per heavy atom. The summed E-state index contributed by atoms with van der Waals surface area (Å²) in [6.07, 6.45) is 0.0422.